The second kappa shape index (κ2) is 7.04. The number of nitrogens with one attached hydrogen (secondary N) is 1. The summed E-state index contributed by atoms with van der Waals surface area (Å²) in [6.45, 7) is 2.88. The molecule has 0 unspecified atom stereocenters. The van der Waals surface area contributed by atoms with Gasteiger partial charge in [0.05, 0.1) is 12.3 Å². The standard InChI is InChI=1S/C24H22FN5O/c1-14-13-30-23(29-14)18(16-4-6-21(26-10-16)15-2-3-15)11-27-24(30)28-12-19-17-8-9-31-22(17)7-5-20(19)25/h4-7,10-11,13,15H,2-3,8-9,12H2,1H3,(H,27,28). The first kappa shape index (κ1) is 18.3. The molecule has 156 valence electrons. The molecule has 6 nitrogen and oxygen atoms in total. The van der Waals surface area contributed by atoms with Crippen molar-refractivity contribution in [1.29, 1.82) is 0 Å². The molecule has 1 aliphatic carbocycles. The zero-order valence-corrected chi connectivity index (χ0v) is 17.2. The summed E-state index contributed by atoms with van der Waals surface area (Å²) in [5.41, 5.74) is 6.33. The topological polar surface area (TPSA) is 64.3 Å². The molecule has 0 saturated heterocycles. The van der Waals surface area contributed by atoms with Gasteiger partial charge in [-0.1, -0.05) is 6.07 Å². The number of rotatable bonds is 5. The highest BCUT2D eigenvalue weighted by Crippen LogP contribution is 2.39. The Hall–Kier alpha value is -3.48. The van der Waals surface area contributed by atoms with Crippen molar-refractivity contribution in [2.75, 3.05) is 11.9 Å². The molecule has 0 bridgehead atoms. The molecule has 0 amide bonds. The average Bonchev–Trinajstić information content (AvgIpc) is 3.39. The molecule has 6 rings (SSSR count). The summed E-state index contributed by atoms with van der Waals surface area (Å²) in [5, 5.41) is 3.30. The predicted octanol–water partition coefficient (Wildman–Crippen LogP) is 4.66. The summed E-state index contributed by atoms with van der Waals surface area (Å²) < 4.78 is 22.0. The van der Waals surface area contributed by atoms with Crippen molar-refractivity contribution in [3.63, 3.8) is 0 Å². The number of pyridine rings is 1. The molecule has 4 aromatic rings. The van der Waals surface area contributed by atoms with Crippen LogP contribution in [0.15, 0.2) is 42.9 Å². The highest BCUT2D eigenvalue weighted by molar-refractivity contribution is 5.77. The Labute approximate surface area is 179 Å². The largest absolute Gasteiger partial charge is 0.493 e. The molecule has 7 heteroatoms. The fourth-order valence-corrected chi connectivity index (χ4v) is 4.29. The van der Waals surface area contributed by atoms with Crippen molar-refractivity contribution < 1.29 is 9.13 Å². The molecule has 0 spiro atoms. The van der Waals surface area contributed by atoms with E-state index in [1.807, 2.05) is 29.9 Å². The maximum Gasteiger partial charge on any atom is 0.208 e. The Bertz CT molecular complexity index is 1290. The first-order valence-electron chi connectivity index (χ1n) is 10.7. The zero-order chi connectivity index (χ0) is 20.9. The van der Waals surface area contributed by atoms with E-state index in [0.29, 0.717) is 30.6 Å². The Balaban J connectivity index is 1.34. The number of nitrogens with zero attached hydrogens (tertiary/aromatic N) is 4. The van der Waals surface area contributed by atoms with Crippen LogP contribution in [0.1, 0.15) is 41.3 Å². The van der Waals surface area contributed by atoms with Gasteiger partial charge in [0.1, 0.15) is 17.2 Å². The van der Waals surface area contributed by atoms with Crippen LogP contribution in [0.25, 0.3) is 16.8 Å². The quantitative estimate of drug-likeness (QED) is 0.513. The highest BCUT2D eigenvalue weighted by atomic mass is 19.1. The molecule has 1 aliphatic heterocycles. The van der Waals surface area contributed by atoms with Crippen molar-refractivity contribution in [1.82, 2.24) is 19.4 Å². The third-order valence-corrected chi connectivity index (χ3v) is 6.07. The Morgan fingerprint density at radius 1 is 1.16 bits per heavy atom. The van der Waals surface area contributed by atoms with Crippen LogP contribution in [0.4, 0.5) is 10.3 Å². The van der Waals surface area contributed by atoms with Crippen molar-refractivity contribution >= 4 is 11.6 Å². The van der Waals surface area contributed by atoms with Crippen LogP contribution >= 0.6 is 0 Å². The van der Waals surface area contributed by atoms with E-state index in [1.54, 1.807) is 6.07 Å². The van der Waals surface area contributed by atoms with Crippen LogP contribution in [0.5, 0.6) is 5.75 Å². The Morgan fingerprint density at radius 2 is 2.06 bits per heavy atom. The number of halogens is 1. The Morgan fingerprint density at radius 3 is 2.87 bits per heavy atom. The third-order valence-electron chi connectivity index (χ3n) is 6.07. The van der Waals surface area contributed by atoms with Crippen LogP contribution in [0, 0.1) is 12.7 Å². The lowest BCUT2D eigenvalue weighted by molar-refractivity contribution is 0.356. The van der Waals surface area contributed by atoms with E-state index in [9.17, 15) is 4.39 Å². The van der Waals surface area contributed by atoms with Gasteiger partial charge >= 0.3 is 0 Å². The van der Waals surface area contributed by atoms with E-state index in [2.05, 4.69) is 27.4 Å². The summed E-state index contributed by atoms with van der Waals surface area (Å²) in [7, 11) is 0. The van der Waals surface area contributed by atoms with Gasteiger partial charge in [-0.15, -0.1) is 0 Å². The van der Waals surface area contributed by atoms with Gasteiger partial charge in [-0.2, -0.15) is 0 Å². The molecule has 0 radical (unpaired) electrons. The molecule has 1 fully saturated rings. The average molecular weight is 415 g/mol. The van der Waals surface area contributed by atoms with Crippen molar-refractivity contribution in [2.24, 2.45) is 0 Å². The minimum atomic E-state index is -0.228. The minimum absolute atomic E-state index is 0.228. The number of aryl methyl sites for hydroxylation is 1. The molecular weight excluding hydrogens is 393 g/mol. The maximum atomic E-state index is 14.5. The van der Waals surface area contributed by atoms with E-state index in [0.717, 1.165) is 45.9 Å². The lowest BCUT2D eigenvalue weighted by Crippen LogP contribution is -2.09. The van der Waals surface area contributed by atoms with E-state index in [4.69, 9.17) is 9.72 Å². The number of hydrogen-bond acceptors (Lipinski definition) is 5. The lowest BCUT2D eigenvalue weighted by Gasteiger charge is -2.13. The molecule has 0 atom stereocenters. The summed E-state index contributed by atoms with van der Waals surface area (Å²) in [5.74, 6) is 1.79. The van der Waals surface area contributed by atoms with Gasteiger partial charge in [0.25, 0.3) is 0 Å². The van der Waals surface area contributed by atoms with Gasteiger partial charge in [-0.05, 0) is 38.0 Å². The molecule has 1 saturated carbocycles. The van der Waals surface area contributed by atoms with Gasteiger partial charge in [-0.25, -0.2) is 14.4 Å². The minimum Gasteiger partial charge on any atom is -0.493 e. The van der Waals surface area contributed by atoms with E-state index in [-0.39, 0.29) is 5.82 Å². The smallest absolute Gasteiger partial charge is 0.208 e. The molecule has 3 aromatic heterocycles. The molecule has 31 heavy (non-hydrogen) atoms. The second-order valence-electron chi connectivity index (χ2n) is 8.27. The molecule has 1 N–H and O–H groups in total. The summed E-state index contributed by atoms with van der Waals surface area (Å²) >= 11 is 0. The third kappa shape index (κ3) is 3.21. The predicted molar refractivity (Wildman–Crippen MR) is 116 cm³/mol. The van der Waals surface area contributed by atoms with E-state index >= 15 is 0 Å². The number of anilines is 1. The first-order valence-corrected chi connectivity index (χ1v) is 10.7. The van der Waals surface area contributed by atoms with Crippen LogP contribution in [-0.4, -0.2) is 26.0 Å². The first-order chi connectivity index (χ1) is 15.2. The molecular formula is C24H22FN5O. The van der Waals surface area contributed by atoms with Crippen molar-refractivity contribution in [2.45, 2.75) is 38.6 Å². The number of imidazole rings is 1. The molecule has 1 aromatic carbocycles. The second-order valence-corrected chi connectivity index (χ2v) is 8.27. The fourth-order valence-electron chi connectivity index (χ4n) is 4.29. The highest BCUT2D eigenvalue weighted by Gasteiger charge is 2.25. The number of hydrogen-bond donors (Lipinski definition) is 1. The fraction of sp³-hybridized carbons (Fsp3) is 0.292. The van der Waals surface area contributed by atoms with Crippen molar-refractivity contribution in [3.8, 4) is 16.9 Å². The summed E-state index contributed by atoms with van der Waals surface area (Å²) in [6, 6.07) is 7.37. The number of ether oxygens (including phenoxy) is 1. The van der Waals surface area contributed by atoms with Gasteiger partial charge in [-0.3, -0.25) is 9.38 Å². The Kier molecular flexibility index (Phi) is 4.16. The number of fused-ring (bicyclic) bond motifs is 2. The van der Waals surface area contributed by atoms with Gasteiger partial charge in [0, 0.05) is 65.4 Å². The normalized spacial score (nSPS) is 15.2. The maximum absolute atomic E-state index is 14.5. The number of benzene rings is 1. The summed E-state index contributed by atoms with van der Waals surface area (Å²) in [6.07, 6.45) is 8.84. The summed E-state index contributed by atoms with van der Waals surface area (Å²) in [4.78, 5) is 14.0. The van der Waals surface area contributed by atoms with E-state index < -0.39 is 0 Å². The van der Waals surface area contributed by atoms with Crippen molar-refractivity contribution in [3.05, 3.63) is 71.2 Å². The van der Waals surface area contributed by atoms with Gasteiger partial charge in [0.15, 0.2) is 0 Å². The van der Waals surface area contributed by atoms with Gasteiger partial charge < -0.3 is 10.1 Å². The zero-order valence-electron chi connectivity index (χ0n) is 17.2. The van der Waals surface area contributed by atoms with Crippen LogP contribution in [-0.2, 0) is 13.0 Å². The van der Waals surface area contributed by atoms with Crippen LogP contribution < -0.4 is 10.1 Å². The van der Waals surface area contributed by atoms with Gasteiger partial charge in [0.2, 0.25) is 5.95 Å². The van der Waals surface area contributed by atoms with E-state index in [1.165, 1.54) is 18.9 Å². The lowest BCUT2D eigenvalue weighted by atomic mass is 10.0. The monoisotopic (exact) mass is 415 g/mol. The number of aromatic nitrogens is 4. The molecule has 4 heterocycles. The molecule has 2 aliphatic rings. The van der Waals surface area contributed by atoms with Crippen LogP contribution in [0.3, 0.4) is 0 Å². The van der Waals surface area contributed by atoms with Crippen LogP contribution in [0.2, 0.25) is 0 Å². The SMILES string of the molecule is Cc1cn2c(NCc3c(F)ccc4c3CCO4)ncc(-c3ccc(C4CC4)nc3)c2n1.